The smallest absolute Gasteiger partial charge is 0.378 e. The molecular weight excluding hydrogens is 539 g/mol. The summed E-state index contributed by atoms with van der Waals surface area (Å²) in [5.41, 5.74) is -2.55. The lowest BCUT2D eigenvalue weighted by Crippen LogP contribution is -2.60. The van der Waals surface area contributed by atoms with E-state index in [1.54, 1.807) is 24.3 Å². The number of halogens is 3. The van der Waals surface area contributed by atoms with Crippen LogP contribution in [0, 0.1) is 0 Å². The molecular formula is C26H34F3N3O4S2. The van der Waals surface area contributed by atoms with Crippen molar-refractivity contribution in [3.63, 3.8) is 0 Å². The highest BCUT2D eigenvalue weighted by atomic mass is 32.2. The predicted molar refractivity (Wildman–Crippen MR) is 145 cm³/mol. The second-order valence-electron chi connectivity index (χ2n) is 10.0. The highest BCUT2D eigenvalue weighted by Crippen LogP contribution is 2.39. The van der Waals surface area contributed by atoms with Gasteiger partial charge >= 0.3 is 6.18 Å². The van der Waals surface area contributed by atoms with Gasteiger partial charge in [-0.25, -0.2) is 8.42 Å². The van der Waals surface area contributed by atoms with Gasteiger partial charge in [0, 0.05) is 55.7 Å². The van der Waals surface area contributed by atoms with Crippen LogP contribution < -0.4 is 4.90 Å². The molecule has 2 heterocycles. The molecule has 2 aliphatic heterocycles. The number of anilines is 1. The Labute approximate surface area is 227 Å². The molecule has 4 rings (SSSR count). The lowest BCUT2D eigenvalue weighted by Gasteiger charge is -2.46. The third-order valence-corrected chi connectivity index (χ3v) is 10.1. The minimum absolute atomic E-state index is 0.152. The van der Waals surface area contributed by atoms with Crippen molar-refractivity contribution >= 4 is 32.8 Å². The largest absolute Gasteiger partial charge is 0.421 e. The van der Waals surface area contributed by atoms with Crippen molar-refractivity contribution in [3.05, 3.63) is 53.0 Å². The second-order valence-corrected chi connectivity index (χ2v) is 12.4. The first-order chi connectivity index (χ1) is 17.9. The Hall–Kier alpha value is -1.83. The minimum atomic E-state index is -4.81. The first kappa shape index (κ1) is 29.2. The Morgan fingerprint density at radius 3 is 2.47 bits per heavy atom. The van der Waals surface area contributed by atoms with Gasteiger partial charge in [-0.05, 0) is 37.1 Å². The fourth-order valence-corrected chi connectivity index (χ4v) is 7.22. The monoisotopic (exact) mass is 573 g/mol. The molecule has 0 amide bonds. The fourth-order valence-electron chi connectivity index (χ4n) is 5.15. The summed E-state index contributed by atoms with van der Waals surface area (Å²) < 4.78 is 74.2. The highest BCUT2D eigenvalue weighted by Gasteiger charge is 2.51. The molecule has 2 unspecified atom stereocenters. The van der Waals surface area contributed by atoms with Crippen molar-refractivity contribution in [2.75, 3.05) is 50.8 Å². The van der Waals surface area contributed by atoms with Gasteiger partial charge in [0.1, 0.15) is 0 Å². The number of alkyl halides is 3. The van der Waals surface area contributed by atoms with Crippen LogP contribution in [-0.4, -0.2) is 91.8 Å². The molecule has 1 aromatic rings. The number of rotatable bonds is 7. The average molecular weight is 574 g/mol. The third kappa shape index (κ3) is 5.85. The Morgan fingerprint density at radius 2 is 1.84 bits per heavy atom. The number of hydrogen-bond acceptors (Lipinski definition) is 7. The van der Waals surface area contributed by atoms with Crippen LogP contribution in [0.1, 0.15) is 32.3 Å². The fraction of sp³-hybridized carbons (Fsp3) is 0.577. The van der Waals surface area contributed by atoms with E-state index in [1.165, 1.54) is 16.4 Å². The SMILES string of the molecule is CCC1COCCN1C[C@H]1CN(S(=O)(=O)C2=CC=CCC2=S)CCN1c1ccc(C(C)(O)C(F)(F)F)cc1. The van der Waals surface area contributed by atoms with E-state index in [0.717, 1.165) is 13.3 Å². The number of thiocarbonyl (C=S) groups is 1. The third-order valence-electron chi connectivity index (χ3n) is 7.60. The number of morpholine rings is 1. The van der Waals surface area contributed by atoms with E-state index in [2.05, 4.69) is 11.8 Å². The highest BCUT2D eigenvalue weighted by molar-refractivity contribution is 7.96. The van der Waals surface area contributed by atoms with E-state index in [0.29, 0.717) is 49.8 Å². The summed E-state index contributed by atoms with van der Waals surface area (Å²) in [4.78, 5) is 4.89. The molecule has 38 heavy (non-hydrogen) atoms. The number of hydrogen-bond donors (Lipinski definition) is 1. The predicted octanol–water partition coefficient (Wildman–Crippen LogP) is 3.60. The quantitative estimate of drug-likeness (QED) is 0.500. The van der Waals surface area contributed by atoms with Crippen molar-refractivity contribution in [1.29, 1.82) is 0 Å². The number of piperazine rings is 1. The van der Waals surface area contributed by atoms with Gasteiger partial charge in [-0.2, -0.15) is 17.5 Å². The van der Waals surface area contributed by atoms with Crippen LogP contribution in [0.25, 0.3) is 0 Å². The number of allylic oxidation sites excluding steroid dienone is 4. The molecule has 3 atom stereocenters. The Kier molecular flexibility index (Phi) is 8.70. The van der Waals surface area contributed by atoms with Crippen molar-refractivity contribution in [3.8, 4) is 0 Å². The van der Waals surface area contributed by atoms with Gasteiger partial charge in [0.05, 0.1) is 24.2 Å². The summed E-state index contributed by atoms with van der Waals surface area (Å²) in [5.74, 6) is 0. The van der Waals surface area contributed by atoms with Gasteiger partial charge in [-0.3, -0.25) is 4.90 Å². The van der Waals surface area contributed by atoms with Crippen molar-refractivity contribution in [1.82, 2.24) is 9.21 Å². The van der Waals surface area contributed by atoms with Crippen LogP contribution in [0.15, 0.2) is 47.4 Å². The molecule has 0 bridgehead atoms. The van der Waals surface area contributed by atoms with Crippen molar-refractivity contribution in [2.24, 2.45) is 0 Å². The zero-order valence-corrected chi connectivity index (χ0v) is 23.2. The molecule has 1 N–H and O–H groups in total. The number of nitrogens with zero attached hydrogens (tertiary/aromatic N) is 3. The molecule has 210 valence electrons. The Morgan fingerprint density at radius 1 is 1.13 bits per heavy atom. The standard InChI is InChI=1S/C26H34F3N3O4S2/c1-3-20-18-36-15-14-30(20)16-22-17-31(38(34,35)24-7-5-4-6-23(24)37)12-13-32(22)21-10-8-19(9-11-21)25(2,33)26(27,28)29/h4-5,7-11,20,22,33H,3,6,12-18H2,1-2H3/t20?,22-,25?/m0/s1. The molecule has 1 aliphatic carbocycles. The molecule has 12 heteroatoms. The number of ether oxygens (including phenoxy) is 1. The maximum atomic E-state index is 13.6. The van der Waals surface area contributed by atoms with Gasteiger partial charge in [0.25, 0.3) is 0 Å². The first-order valence-corrected chi connectivity index (χ1v) is 14.6. The van der Waals surface area contributed by atoms with Gasteiger partial charge in [-0.15, -0.1) is 0 Å². The van der Waals surface area contributed by atoms with Gasteiger partial charge in [0.15, 0.2) is 5.60 Å². The molecule has 2 fully saturated rings. The van der Waals surface area contributed by atoms with Crippen molar-refractivity contribution < 1.29 is 31.4 Å². The first-order valence-electron chi connectivity index (χ1n) is 12.7. The average Bonchev–Trinajstić information content (AvgIpc) is 2.88. The topological polar surface area (TPSA) is 73.3 Å². The van der Waals surface area contributed by atoms with Crippen LogP contribution in [0.5, 0.6) is 0 Å². The summed E-state index contributed by atoms with van der Waals surface area (Å²) >= 11 is 5.35. The molecule has 3 aliphatic rings. The lowest BCUT2D eigenvalue weighted by molar-refractivity contribution is -0.258. The van der Waals surface area contributed by atoms with Gasteiger partial charge < -0.3 is 14.7 Å². The summed E-state index contributed by atoms with van der Waals surface area (Å²) in [6.45, 7) is 6.05. The molecule has 0 radical (unpaired) electrons. The molecule has 7 nitrogen and oxygen atoms in total. The van der Waals surface area contributed by atoms with Crippen LogP contribution in [0.2, 0.25) is 0 Å². The summed E-state index contributed by atoms with van der Waals surface area (Å²) in [6.07, 6.45) is 1.54. The number of aliphatic hydroxyl groups is 1. The maximum absolute atomic E-state index is 13.6. The Balaban J connectivity index is 1.62. The van der Waals surface area contributed by atoms with E-state index < -0.39 is 21.8 Å². The number of benzene rings is 1. The molecule has 0 spiro atoms. The Bertz CT molecular complexity index is 1180. The van der Waals surface area contributed by atoms with Gasteiger partial charge in [-0.1, -0.05) is 43.4 Å². The van der Waals surface area contributed by atoms with Crippen LogP contribution in [0.4, 0.5) is 18.9 Å². The summed E-state index contributed by atoms with van der Waals surface area (Å²) in [5, 5.41) is 10.1. The zero-order valence-electron chi connectivity index (χ0n) is 21.5. The molecule has 0 aromatic heterocycles. The minimum Gasteiger partial charge on any atom is -0.378 e. The normalized spacial score (nSPS) is 25.8. The zero-order chi connectivity index (χ0) is 27.7. The number of sulfonamides is 1. The van der Waals surface area contributed by atoms with E-state index in [1.807, 2.05) is 11.0 Å². The van der Waals surface area contributed by atoms with E-state index in [9.17, 15) is 26.7 Å². The molecule has 2 saturated heterocycles. The summed E-state index contributed by atoms with van der Waals surface area (Å²) in [7, 11) is -3.80. The summed E-state index contributed by atoms with van der Waals surface area (Å²) in [6, 6.07) is 5.63. The van der Waals surface area contributed by atoms with E-state index >= 15 is 0 Å². The van der Waals surface area contributed by atoms with Crippen LogP contribution in [0.3, 0.4) is 0 Å². The van der Waals surface area contributed by atoms with E-state index in [4.69, 9.17) is 17.0 Å². The second kappa shape index (κ2) is 11.3. The van der Waals surface area contributed by atoms with Crippen LogP contribution in [-0.2, 0) is 20.4 Å². The maximum Gasteiger partial charge on any atom is 0.421 e. The molecule has 1 aromatic carbocycles. The van der Waals surface area contributed by atoms with Gasteiger partial charge in [0.2, 0.25) is 10.0 Å². The van der Waals surface area contributed by atoms with Crippen molar-refractivity contribution in [2.45, 2.75) is 50.6 Å². The lowest BCUT2D eigenvalue weighted by atomic mass is 9.95. The van der Waals surface area contributed by atoms with Crippen LogP contribution >= 0.6 is 12.2 Å². The van der Waals surface area contributed by atoms with E-state index in [-0.39, 0.29) is 35.6 Å². The molecule has 0 saturated carbocycles.